The number of benzene rings is 1. The van der Waals surface area contributed by atoms with Gasteiger partial charge < -0.3 is 19.5 Å². The molecule has 1 N–H and O–H groups in total. The first-order chi connectivity index (χ1) is 9.50. The molecular formula is C16H25NO3. The van der Waals surface area contributed by atoms with Gasteiger partial charge in [-0.3, -0.25) is 0 Å². The van der Waals surface area contributed by atoms with Crippen LogP contribution in [0.15, 0.2) is 12.1 Å². The molecule has 1 heterocycles. The summed E-state index contributed by atoms with van der Waals surface area (Å²) in [7, 11) is 3.37. The first-order valence-corrected chi connectivity index (χ1v) is 7.18. The molecular weight excluding hydrogens is 254 g/mol. The Kier molecular flexibility index (Phi) is 4.43. The highest BCUT2D eigenvalue weighted by Gasteiger charge is 2.34. The van der Waals surface area contributed by atoms with Gasteiger partial charge in [-0.05, 0) is 46.2 Å². The minimum atomic E-state index is -0.0605. The van der Waals surface area contributed by atoms with Gasteiger partial charge >= 0.3 is 0 Å². The predicted molar refractivity (Wildman–Crippen MR) is 79.9 cm³/mol. The summed E-state index contributed by atoms with van der Waals surface area (Å²) < 4.78 is 16.9. The maximum Gasteiger partial charge on any atom is 0.165 e. The van der Waals surface area contributed by atoms with Crippen molar-refractivity contribution < 1.29 is 14.2 Å². The minimum absolute atomic E-state index is 0.0605. The fourth-order valence-corrected chi connectivity index (χ4v) is 2.77. The van der Waals surface area contributed by atoms with Crippen LogP contribution in [0.4, 0.5) is 0 Å². The lowest BCUT2D eigenvalue weighted by atomic mass is 9.89. The van der Waals surface area contributed by atoms with Crippen LogP contribution in [0, 0.1) is 0 Å². The fourth-order valence-electron chi connectivity index (χ4n) is 2.77. The third-order valence-electron chi connectivity index (χ3n) is 3.81. The Hall–Kier alpha value is -1.42. The molecule has 1 fully saturated rings. The zero-order valence-corrected chi connectivity index (χ0v) is 13.1. The van der Waals surface area contributed by atoms with E-state index in [1.54, 1.807) is 14.2 Å². The lowest BCUT2D eigenvalue weighted by Crippen LogP contribution is -2.33. The monoisotopic (exact) mass is 279 g/mol. The van der Waals surface area contributed by atoms with Crippen LogP contribution >= 0.6 is 0 Å². The van der Waals surface area contributed by atoms with E-state index in [4.69, 9.17) is 14.2 Å². The van der Waals surface area contributed by atoms with Crippen molar-refractivity contribution in [2.45, 2.75) is 45.3 Å². The Morgan fingerprint density at radius 1 is 1.10 bits per heavy atom. The van der Waals surface area contributed by atoms with Crippen molar-refractivity contribution >= 4 is 0 Å². The standard InChI is InChI=1S/C16H25NO3/c1-11(2)20-15-10-13(18-4)12(9-14(15)19-5)16(3)7-6-8-17-16/h9-11,17H,6-8H2,1-5H3. The number of methoxy groups -OCH3 is 2. The third-order valence-corrected chi connectivity index (χ3v) is 3.81. The first-order valence-electron chi connectivity index (χ1n) is 7.18. The molecule has 0 saturated carbocycles. The quantitative estimate of drug-likeness (QED) is 0.899. The smallest absolute Gasteiger partial charge is 0.165 e. The van der Waals surface area contributed by atoms with Gasteiger partial charge in [-0.15, -0.1) is 0 Å². The zero-order chi connectivity index (χ0) is 14.8. The summed E-state index contributed by atoms with van der Waals surface area (Å²) in [5.74, 6) is 2.33. The molecule has 20 heavy (non-hydrogen) atoms. The van der Waals surface area contributed by atoms with Gasteiger partial charge in [-0.1, -0.05) is 0 Å². The molecule has 0 radical (unpaired) electrons. The summed E-state index contributed by atoms with van der Waals surface area (Å²) in [6.07, 6.45) is 2.36. The topological polar surface area (TPSA) is 39.7 Å². The van der Waals surface area contributed by atoms with Crippen molar-refractivity contribution in [3.63, 3.8) is 0 Å². The van der Waals surface area contributed by atoms with E-state index in [-0.39, 0.29) is 11.6 Å². The molecule has 1 aliphatic rings. The molecule has 0 bridgehead atoms. The SMILES string of the molecule is COc1cc(C2(C)CCCN2)c(OC)cc1OC(C)C. The summed E-state index contributed by atoms with van der Waals surface area (Å²) in [6, 6.07) is 3.97. The summed E-state index contributed by atoms with van der Waals surface area (Å²) in [4.78, 5) is 0. The van der Waals surface area contributed by atoms with Gasteiger partial charge in [-0.25, -0.2) is 0 Å². The summed E-state index contributed by atoms with van der Waals surface area (Å²) in [5.41, 5.74) is 1.07. The number of hydrogen-bond acceptors (Lipinski definition) is 4. The van der Waals surface area contributed by atoms with E-state index in [9.17, 15) is 0 Å². The second-order valence-electron chi connectivity index (χ2n) is 5.73. The van der Waals surface area contributed by atoms with Crippen LogP contribution in [-0.2, 0) is 5.54 Å². The van der Waals surface area contributed by atoms with Gasteiger partial charge in [0.25, 0.3) is 0 Å². The number of rotatable bonds is 5. The Morgan fingerprint density at radius 3 is 2.30 bits per heavy atom. The van der Waals surface area contributed by atoms with Crippen molar-refractivity contribution in [1.29, 1.82) is 0 Å². The van der Waals surface area contributed by atoms with Gasteiger partial charge in [-0.2, -0.15) is 0 Å². The number of hydrogen-bond donors (Lipinski definition) is 1. The molecule has 0 aromatic heterocycles. The molecule has 1 atom stereocenters. The van der Waals surface area contributed by atoms with Crippen molar-refractivity contribution in [3.8, 4) is 17.2 Å². The van der Waals surface area contributed by atoms with Crippen LogP contribution in [0.3, 0.4) is 0 Å². The highest BCUT2D eigenvalue weighted by molar-refractivity contribution is 5.53. The zero-order valence-electron chi connectivity index (χ0n) is 13.1. The number of ether oxygens (including phenoxy) is 3. The van der Waals surface area contributed by atoms with E-state index < -0.39 is 0 Å². The minimum Gasteiger partial charge on any atom is -0.496 e. The molecule has 1 aliphatic heterocycles. The van der Waals surface area contributed by atoms with Crippen LogP contribution in [-0.4, -0.2) is 26.9 Å². The fraction of sp³-hybridized carbons (Fsp3) is 0.625. The van der Waals surface area contributed by atoms with E-state index in [0.717, 1.165) is 35.8 Å². The van der Waals surface area contributed by atoms with E-state index in [0.29, 0.717) is 0 Å². The molecule has 2 rings (SSSR count). The highest BCUT2D eigenvalue weighted by Crippen LogP contribution is 2.42. The average Bonchev–Trinajstić information content (AvgIpc) is 2.85. The lowest BCUT2D eigenvalue weighted by Gasteiger charge is -2.28. The molecule has 112 valence electrons. The highest BCUT2D eigenvalue weighted by atomic mass is 16.5. The van der Waals surface area contributed by atoms with Crippen LogP contribution < -0.4 is 19.5 Å². The first kappa shape index (κ1) is 15.0. The normalized spacial score (nSPS) is 22.1. The summed E-state index contributed by atoms with van der Waals surface area (Å²) in [5, 5.41) is 3.56. The maximum atomic E-state index is 5.80. The van der Waals surface area contributed by atoms with E-state index >= 15 is 0 Å². The molecule has 0 spiro atoms. The van der Waals surface area contributed by atoms with Gasteiger partial charge in [0, 0.05) is 17.2 Å². The second-order valence-corrected chi connectivity index (χ2v) is 5.73. The lowest BCUT2D eigenvalue weighted by molar-refractivity contribution is 0.228. The molecule has 4 heteroatoms. The molecule has 0 aliphatic carbocycles. The molecule has 0 amide bonds. The van der Waals surface area contributed by atoms with Crippen LogP contribution in [0.5, 0.6) is 17.2 Å². The maximum absolute atomic E-state index is 5.80. The van der Waals surface area contributed by atoms with Crippen molar-refractivity contribution in [2.24, 2.45) is 0 Å². The molecule has 1 aromatic rings. The third kappa shape index (κ3) is 2.85. The van der Waals surface area contributed by atoms with Gasteiger partial charge in [0.1, 0.15) is 5.75 Å². The molecule has 4 nitrogen and oxygen atoms in total. The largest absolute Gasteiger partial charge is 0.496 e. The Bertz CT molecular complexity index is 465. The Balaban J connectivity index is 2.46. The predicted octanol–water partition coefficient (Wildman–Crippen LogP) is 3.09. The van der Waals surface area contributed by atoms with E-state index in [2.05, 4.69) is 12.2 Å². The van der Waals surface area contributed by atoms with Gasteiger partial charge in [0.2, 0.25) is 0 Å². The second kappa shape index (κ2) is 5.92. The summed E-state index contributed by atoms with van der Waals surface area (Å²) >= 11 is 0. The van der Waals surface area contributed by atoms with Crippen LogP contribution in [0.1, 0.15) is 39.2 Å². The molecule has 1 unspecified atom stereocenters. The van der Waals surface area contributed by atoms with Crippen molar-refractivity contribution in [1.82, 2.24) is 5.32 Å². The summed E-state index contributed by atoms with van der Waals surface area (Å²) in [6.45, 7) is 7.24. The van der Waals surface area contributed by atoms with Gasteiger partial charge in [0.15, 0.2) is 11.5 Å². The number of nitrogens with one attached hydrogen (secondary N) is 1. The van der Waals surface area contributed by atoms with E-state index in [1.807, 2.05) is 26.0 Å². The van der Waals surface area contributed by atoms with Crippen molar-refractivity contribution in [3.05, 3.63) is 17.7 Å². The molecule has 1 aromatic carbocycles. The van der Waals surface area contributed by atoms with Crippen LogP contribution in [0.25, 0.3) is 0 Å². The van der Waals surface area contributed by atoms with Gasteiger partial charge in [0.05, 0.1) is 20.3 Å². The van der Waals surface area contributed by atoms with E-state index in [1.165, 1.54) is 6.42 Å². The van der Waals surface area contributed by atoms with Crippen molar-refractivity contribution in [2.75, 3.05) is 20.8 Å². The average molecular weight is 279 g/mol. The Morgan fingerprint density at radius 2 is 1.80 bits per heavy atom. The molecule has 1 saturated heterocycles. The van der Waals surface area contributed by atoms with Crippen LogP contribution in [0.2, 0.25) is 0 Å². The Labute approximate surface area is 121 Å².